The molecule has 1 unspecified atom stereocenters. The SMILES string of the molecule is O=C(NC(COC(=O)OCc1ccccc1)C(=O)O)OCc1ccccc1. The van der Waals surface area contributed by atoms with Crippen molar-refractivity contribution in [3.05, 3.63) is 71.8 Å². The van der Waals surface area contributed by atoms with E-state index in [2.05, 4.69) is 5.32 Å². The zero-order chi connectivity index (χ0) is 19.5. The fourth-order valence-corrected chi connectivity index (χ4v) is 1.99. The van der Waals surface area contributed by atoms with Gasteiger partial charge in [-0.05, 0) is 11.1 Å². The van der Waals surface area contributed by atoms with Gasteiger partial charge in [0.1, 0.15) is 19.8 Å². The average molecular weight is 373 g/mol. The smallest absolute Gasteiger partial charge is 0.480 e. The van der Waals surface area contributed by atoms with Crippen LogP contribution in [0.1, 0.15) is 11.1 Å². The first-order valence-electron chi connectivity index (χ1n) is 8.08. The van der Waals surface area contributed by atoms with Crippen LogP contribution in [0.5, 0.6) is 0 Å². The van der Waals surface area contributed by atoms with Gasteiger partial charge in [0.2, 0.25) is 0 Å². The molecule has 2 aromatic rings. The van der Waals surface area contributed by atoms with Crippen LogP contribution in [0.4, 0.5) is 9.59 Å². The zero-order valence-electron chi connectivity index (χ0n) is 14.4. The lowest BCUT2D eigenvalue weighted by atomic mass is 10.2. The minimum atomic E-state index is -1.46. The molecule has 2 aromatic carbocycles. The highest BCUT2D eigenvalue weighted by Gasteiger charge is 2.23. The highest BCUT2D eigenvalue weighted by molar-refractivity contribution is 5.80. The summed E-state index contributed by atoms with van der Waals surface area (Å²) in [5, 5.41) is 11.2. The largest absolute Gasteiger partial charge is 0.508 e. The van der Waals surface area contributed by atoms with E-state index in [1.54, 1.807) is 48.5 Å². The Hall–Kier alpha value is -3.55. The van der Waals surface area contributed by atoms with E-state index in [-0.39, 0.29) is 13.2 Å². The molecule has 0 aliphatic carbocycles. The fraction of sp³-hybridized carbons (Fsp3) is 0.211. The highest BCUT2D eigenvalue weighted by atomic mass is 16.7. The Morgan fingerprint density at radius 1 is 0.815 bits per heavy atom. The maximum Gasteiger partial charge on any atom is 0.508 e. The topological polar surface area (TPSA) is 111 Å². The van der Waals surface area contributed by atoms with Gasteiger partial charge in [-0.3, -0.25) is 0 Å². The van der Waals surface area contributed by atoms with Crippen molar-refractivity contribution in [2.45, 2.75) is 19.3 Å². The van der Waals surface area contributed by atoms with Crippen molar-refractivity contribution in [3.8, 4) is 0 Å². The Bertz CT molecular complexity index is 749. The number of amides is 1. The van der Waals surface area contributed by atoms with E-state index in [9.17, 15) is 14.4 Å². The quantitative estimate of drug-likeness (QED) is 0.684. The van der Waals surface area contributed by atoms with Crippen LogP contribution in [0.15, 0.2) is 60.7 Å². The van der Waals surface area contributed by atoms with Crippen LogP contribution < -0.4 is 5.32 Å². The molecular weight excluding hydrogens is 354 g/mol. The summed E-state index contributed by atoms with van der Waals surface area (Å²) in [7, 11) is 0. The second kappa shape index (κ2) is 10.4. The minimum absolute atomic E-state index is 0.00996. The van der Waals surface area contributed by atoms with E-state index in [4.69, 9.17) is 19.3 Å². The first-order valence-corrected chi connectivity index (χ1v) is 8.08. The van der Waals surface area contributed by atoms with Gasteiger partial charge in [0.15, 0.2) is 6.04 Å². The van der Waals surface area contributed by atoms with E-state index < -0.39 is 30.9 Å². The van der Waals surface area contributed by atoms with E-state index in [1.807, 2.05) is 12.1 Å². The number of carbonyl (C=O) groups is 3. The van der Waals surface area contributed by atoms with Crippen LogP contribution >= 0.6 is 0 Å². The van der Waals surface area contributed by atoms with Crippen molar-refractivity contribution < 1.29 is 33.7 Å². The van der Waals surface area contributed by atoms with Crippen LogP contribution in [0.25, 0.3) is 0 Å². The summed E-state index contributed by atoms with van der Waals surface area (Å²) in [5.74, 6) is -1.37. The van der Waals surface area contributed by atoms with Gasteiger partial charge in [-0.15, -0.1) is 0 Å². The fourth-order valence-electron chi connectivity index (χ4n) is 1.99. The number of carboxylic acids is 1. The monoisotopic (exact) mass is 373 g/mol. The molecule has 0 aromatic heterocycles. The van der Waals surface area contributed by atoms with Gasteiger partial charge in [-0.1, -0.05) is 60.7 Å². The molecule has 8 nitrogen and oxygen atoms in total. The van der Waals surface area contributed by atoms with Crippen molar-refractivity contribution in [1.29, 1.82) is 0 Å². The molecule has 1 amide bonds. The molecule has 1 atom stereocenters. The predicted octanol–water partition coefficient (Wildman–Crippen LogP) is 2.72. The summed E-state index contributed by atoms with van der Waals surface area (Å²) < 4.78 is 14.5. The van der Waals surface area contributed by atoms with Crippen LogP contribution in [-0.4, -0.2) is 36.0 Å². The molecule has 0 fully saturated rings. The van der Waals surface area contributed by atoms with Crippen LogP contribution in [0, 0.1) is 0 Å². The van der Waals surface area contributed by atoms with Gasteiger partial charge < -0.3 is 24.6 Å². The lowest BCUT2D eigenvalue weighted by Crippen LogP contribution is -2.44. The third-order valence-corrected chi connectivity index (χ3v) is 3.37. The molecule has 0 aliphatic rings. The molecule has 8 heteroatoms. The number of carboxylic acid groups (broad SMARTS) is 1. The number of carbonyl (C=O) groups excluding carboxylic acids is 2. The number of benzene rings is 2. The molecule has 0 aliphatic heterocycles. The van der Waals surface area contributed by atoms with Crippen molar-refractivity contribution >= 4 is 18.2 Å². The summed E-state index contributed by atoms with van der Waals surface area (Å²) >= 11 is 0. The third-order valence-electron chi connectivity index (χ3n) is 3.37. The minimum Gasteiger partial charge on any atom is -0.480 e. The van der Waals surface area contributed by atoms with Crippen molar-refractivity contribution in [3.63, 3.8) is 0 Å². The molecule has 0 saturated carbocycles. The molecule has 0 radical (unpaired) electrons. The number of ether oxygens (including phenoxy) is 3. The molecule has 27 heavy (non-hydrogen) atoms. The molecule has 2 N–H and O–H groups in total. The molecule has 142 valence electrons. The Labute approximate surface area is 155 Å². The normalized spacial score (nSPS) is 11.1. The zero-order valence-corrected chi connectivity index (χ0v) is 14.4. The lowest BCUT2D eigenvalue weighted by Gasteiger charge is -2.15. The lowest BCUT2D eigenvalue weighted by molar-refractivity contribution is -0.140. The molecule has 2 rings (SSSR count). The highest BCUT2D eigenvalue weighted by Crippen LogP contribution is 2.03. The number of alkyl carbamates (subject to hydrolysis) is 1. The van der Waals surface area contributed by atoms with Crippen molar-refractivity contribution in [1.82, 2.24) is 5.32 Å². The Morgan fingerprint density at radius 3 is 1.85 bits per heavy atom. The molecule has 0 heterocycles. The summed E-state index contributed by atoms with van der Waals surface area (Å²) in [6.07, 6.45) is -1.97. The Kier molecular flexibility index (Phi) is 7.65. The summed E-state index contributed by atoms with van der Waals surface area (Å²) in [5.41, 5.74) is 1.51. The van der Waals surface area contributed by atoms with E-state index in [0.717, 1.165) is 11.1 Å². The summed E-state index contributed by atoms with van der Waals surface area (Å²) in [4.78, 5) is 34.5. The average Bonchev–Trinajstić information content (AvgIpc) is 2.69. The van der Waals surface area contributed by atoms with Gasteiger partial charge in [-0.25, -0.2) is 14.4 Å². The molecule has 0 spiro atoms. The Morgan fingerprint density at radius 2 is 1.33 bits per heavy atom. The van der Waals surface area contributed by atoms with Gasteiger partial charge >= 0.3 is 18.2 Å². The molecular formula is C19H19NO7. The van der Waals surface area contributed by atoms with E-state index in [1.165, 1.54) is 0 Å². The van der Waals surface area contributed by atoms with Gasteiger partial charge in [0.05, 0.1) is 0 Å². The first-order chi connectivity index (χ1) is 13.0. The standard InChI is InChI=1S/C19H19NO7/c21-17(22)16(20-18(23)25-11-14-7-3-1-4-8-14)13-27-19(24)26-12-15-9-5-2-6-10-15/h1-10,16H,11-13H2,(H,20,23)(H,21,22). The second-order valence-corrected chi connectivity index (χ2v) is 5.43. The molecule has 0 bridgehead atoms. The van der Waals surface area contributed by atoms with Crippen LogP contribution in [-0.2, 0) is 32.2 Å². The van der Waals surface area contributed by atoms with Gasteiger partial charge in [0, 0.05) is 0 Å². The van der Waals surface area contributed by atoms with E-state index >= 15 is 0 Å². The number of rotatable bonds is 8. The van der Waals surface area contributed by atoms with Gasteiger partial charge in [0.25, 0.3) is 0 Å². The second-order valence-electron chi connectivity index (χ2n) is 5.43. The van der Waals surface area contributed by atoms with E-state index in [0.29, 0.717) is 0 Å². The number of hydrogen-bond acceptors (Lipinski definition) is 6. The number of hydrogen-bond donors (Lipinski definition) is 2. The predicted molar refractivity (Wildman–Crippen MR) is 93.8 cm³/mol. The summed E-state index contributed by atoms with van der Waals surface area (Å²) in [6, 6.07) is 16.4. The maximum atomic E-state index is 11.7. The van der Waals surface area contributed by atoms with Crippen molar-refractivity contribution in [2.75, 3.05) is 6.61 Å². The first kappa shape index (κ1) is 19.8. The van der Waals surface area contributed by atoms with Crippen LogP contribution in [0.2, 0.25) is 0 Å². The van der Waals surface area contributed by atoms with Gasteiger partial charge in [-0.2, -0.15) is 0 Å². The summed E-state index contributed by atoms with van der Waals surface area (Å²) in [6.45, 7) is -0.619. The number of aliphatic carboxylic acids is 1. The maximum absolute atomic E-state index is 11.7. The van der Waals surface area contributed by atoms with Crippen molar-refractivity contribution in [2.24, 2.45) is 0 Å². The number of nitrogens with one attached hydrogen (secondary N) is 1. The van der Waals surface area contributed by atoms with Crippen LogP contribution in [0.3, 0.4) is 0 Å². The Balaban J connectivity index is 1.73. The molecule has 0 saturated heterocycles. The third kappa shape index (κ3) is 7.47.